The Morgan fingerprint density at radius 2 is 2.22 bits per heavy atom. The predicted octanol–water partition coefficient (Wildman–Crippen LogP) is 1.57. The molecule has 18 heavy (non-hydrogen) atoms. The van der Waals surface area contributed by atoms with Crippen molar-refractivity contribution in [3.63, 3.8) is 0 Å². The van der Waals surface area contributed by atoms with Gasteiger partial charge in [0.2, 0.25) is 11.8 Å². The second kappa shape index (κ2) is 5.31. The third kappa shape index (κ3) is 2.85. The number of carbonyl (C=O) groups is 1. The highest BCUT2D eigenvalue weighted by molar-refractivity contribution is 5.93. The molecule has 0 aliphatic heterocycles. The molecular weight excluding hydrogens is 234 g/mol. The first-order valence-electron chi connectivity index (χ1n) is 5.41. The van der Waals surface area contributed by atoms with Crippen LogP contribution in [0.4, 0.5) is 5.69 Å². The minimum atomic E-state index is -0.233. The van der Waals surface area contributed by atoms with E-state index in [1.807, 2.05) is 12.1 Å². The molecule has 6 heteroatoms. The summed E-state index contributed by atoms with van der Waals surface area (Å²) in [7, 11) is 1.55. The number of nitrogens with zero attached hydrogens (tertiary/aromatic N) is 2. The number of nitrogens with one attached hydrogen (secondary N) is 1. The standard InChI is InChI=1S/C12H13N3O3/c1-8-13-12(18-15-8)7-11(16)14-9-5-3-4-6-10(9)17-2/h3-6H,7H2,1-2H3,(H,14,16). The Labute approximate surface area is 104 Å². The predicted molar refractivity (Wildman–Crippen MR) is 64.4 cm³/mol. The van der Waals surface area contributed by atoms with E-state index in [1.54, 1.807) is 26.2 Å². The summed E-state index contributed by atoms with van der Waals surface area (Å²) in [6.45, 7) is 1.70. The van der Waals surface area contributed by atoms with Gasteiger partial charge >= 0.3 is 0 Å². The summed E-state index contributed by atoms with van der Waals surface area (Å²) in [5.74, 6) is 1.17. The van der Waals surface area contributed by atoms with Crippen LogP contribution >= 0.6 is 0 Å². The van der Waals surface area contributed by atoms with Gasteiger partial charge in [0, 0.05) is 0 Å². The van der Waals surface area contributed by atoms with Crippen LogP contribution in [0.5, 0.6) is 5.75 Å². The van der Waals surface area contributed by atoms with Crippen LogP contribution in [0.2, 0.25) is 0 Å². The molecule has 0 saturated carbocycles. The zero-order valence-electron chi connectivity index (χ0n) is 10.1. The molecule has 2 aromatic rings. The Morgan fingerprint density at radius 1 is 1.44 bits per heavy atom. The topological polar surface area (TPSA) is 77.2 Å². The molecule has 6 nitrogen and oxygen atoms in total. The lowest BCUT2D eigenvalue weighted by Crippen LogP contribution is -2.15. The van der Waals surface area contributed by atoms with Gasteiger partial charge in [-0.1, -0.05) is 17.3 Å². The number of aromatic nitrogens is 2. The second-order valence-corrected chi connectivity index (χ2v) is 3.66. The van der Waals surface area contributed by atoms with E-state index in [-0.39, 0.29) is 12.3 Å². The van der Waals surface area contributed by atoms with Crippen molar-refractivity contribution in [3.05, 3.63) is 36.0 Å². The Bertz CT molecular complexity index is 551. The molecule has 0 saturated heterocycles. The Morgan fingerprint density at radius 3 is 2.89 bits per heavy atom. The fraction of sp³-hybridized carbons (Fsp3) is 0.250. The maximum absolute atomic E-state index is 11.8. The van der Waals surface area contributed by atoms with Crippen LogP contribution in [-0.4, -0.2) is 23.2 Å². The van der Waals surface area contributed by atoms with Gasteiger partial charge in [-0.15, -0.1) is 0 Å². The van der Waals surface area contributed by atoms with E-state index in [9.17, 15) is 4.79 Å². The quantitative estimate of drug-likeness (QED) is 0.887. The van der Waals surface area contributed by atoms with E-state index in [4.69, 9.17) is 9.26 Å². The fourth-order valence-electron chi connectivity index (χ4n) is 1.49. The lowest BCUT2D eigenvalue weighted by atomic mass is 10.3. The Kier molecular flexibility index (Phi) is 3.57. The van der Waals surface area contributed by atoms with Crippen molar-refractivity contribution in [1.29, 1.82) is 0 Å². The van der Waals surface area contributed by atoms with E-state index < -0.39 is 0 Å². The molecule has 1 aromatic heterocycles. The van der Waals surface area contributed by atoms with Gasteiger partial charge in [0.1, 0.15) is 12.2 Å². The van der Waals surface area contributed by atoms with Crippen molar-refractivity contribution in [1.82, 2.24) is 10.1 Å². The van der Waals surface area contributed by atoms with E-state index >= 15 is 0 Å². The molecule has 0 aliphatic rings. The smallest absolute Gasteiger partial charge is 0.236 e. The number of hydrogen-bond acceptors (Lipinski definition) is 5. The first kappa shape index (κ1) is 12.1. The highest BCUT2D eigenvalue weighted by atomic mass is 16.5. The molecule has 1 amide bonds. The Balaban J connectivity index is 2.03. The molecule has 0 fully saturated rings. The molecule has 0 unspecified atom stereocenters. The molecule has 0 bridgehead atoms. The fourth-order valence-corrected chi connectivity index (χ4v) is 1.49. The van der Waals surface area contributed by atoms with Crippen molar-refractivity contribution in [2.24, 2.45) is 0 Å². The highest BCUT2D eigenvalue weighted by Gasteiger charge is 2.11. The molecule has 1 aromatic carbocycles. The van der Waals surface area contributed by atoms with Crippen LogP contribution in [0.25, 0.3) is 0 Å². The minimum absolute atomic E-state index is 0.0406. The normalized spacial score (nSPS) is 10.1. The highest BCUT2D eigenvalue weighted by Crippen LogP contribution is 2.22. The number of methoxy groups -OCH3 is 1. The summed E-state index contributed by atoms with van der Waals surface area (Å²) in [6, 6.07) is 7.17. The van der Waals surface area contributed by atoms with E-state index in [0.717, 1.165) is 0 Å². The first-order valence-corrected chi connectivity index (χ1v) is 5.41. The van der Waals surface area contributed by atoms with E-state index in [1.165, 1.54) is 0 Å². The molecule has 0 radical (unpaired) electrons. The molecular formula is C12H13N3O3. The summed E-state index contributed by atoms with van der Waals surface area (Å²) in [6.07, 6.45) is 0.0406. The number of para-hydroxylation sites is 2. The summed E-state index contributed by atoms with van der Waals surface area (Å²) in [4.78, 5) is 15.7. The number of anilines is 1. The monoisotopic (exact) mass is 247 g/mol. The van der Waals surface area contributed by atoms with Crippen LogP contribution in [0.1, 0.15) is 11.7 Å². The molecule has 94 valence electrons. The van der Waals surface area contributed by atoms with Gasteiger partial charge < -0.3 is 14.6 Å². The Hall–Kier alpha value is -2.37. The zero-order chi connectivity index (χ0) is 13.0. The summed E-state index contributed by atoms with van der Waals surface area (Å²) in [5, 5.41) is 6.35. The number of benzene rings is 1. The van der Waals surface area contributed by atoms with Crippen molar-refractivity contribution < 1.29 is 14.1 Å². The maximum Gasteiger partial charge on any atom is 0.236 e. The van der Waals surface area contributed by atoms with Crippen molar-refractivity contribution in [3.8, 4) is 5.75 Å². The maximum atomic E-state index is 11.8. The number of ether oxygens (including phenoxy) is 1. The summed E-state index contributed by atoms with van der Waals surface area (Å²) >= 11 is 0. The number of aryl methyl sites for hydroxylation is 1. The van der Waals surface area contributed by atoms with Crippen LogP contribution < -0.4 is 10.1 Å². The lowest BCUT2D eigenvalue weighted by Gasteiger charge is -2.08. The number of amides is 1. The average Bonchev–Trinajstić information content (AvgIpc) is 2.75. The van der Waals surface area contributed by atoms with Crippen LogP contribution in [0.15, 0.2) is 28.8 Å². The third-order valence-electron chi connectivity index (χ3n) is 2.26. The summed E-state index contributed by atoms with van der Waals surface area (Å²) < 4.78 is 10.0. The summed E-state index contributed by atoms with van der Waals surface area (Å²) in [5.41, 5.74) is 0.612. The van der Waals surface area contributed by atoms with Gasteiger partial charge in [-0.25, -0.2) is 0 Å². The van der Waals surface area contributed by atoms with Gasteiger partial charge in [0.25, 0.3) is 0 Å². The second-order valence-electron chi connectivity index (χ2n) is 3.66. The third-order valence-corrected chi connectivity index (χ3v) is 2.26. The van der Waals surface area contributed by atoms with Gasteiger partial charge in [0.15, 0.2) is 5.82 Å². The van der Waals surface area contributed by atoms with Gasteiger partial charge in [-0.3, -0.25) is 4.79 Å². The van der Waals surface area contributed by atoms with Gasteiger partial charge in [-0.2, -0.15) is 4.98 Å². The van der Waals surface area contributed by atoms with Crippen LogP contribution in [-0.2, 0) is 11.2 Å². The number of carbonyl (C=O) groups excluding carboxylic acids is 1. The minimum Gasteiger partial charge on any atom is -0.495 e. The largest absolute Gasteiger partial charge is 0.495 e. The molecule has 0 atom stereocenters. The number of hydrogen-bond donors (Lipinski definition) is 1. The van der Waals surface area contributed by atoms with Crippen LogP contribution in [0.3, 0.4) is 0 Å². The molecule has 0 spiro atoms. The van der Waals surface area contributed by atoms with Crippen molar-refractivity contribution in [2.45, 2.75) is 13.3 Å². The zero-order valence-corrected chi connectivity index (χ0v) is 10.1. The number of rotatable bonds is 4. The molecule has 2 rings (SSSR count). The lowest BCUT2D eigenvalue weighted by molar-refractivity contribution is -0.115. The van der Waals surface area contributed by atoms with Crippen LogP contribution in [0, 0.1) is 6.92 Å². The van der Waals surface area contributed by atoms with Gasteiger partial charge in [0.05, 0.1) is 12.8 Å². The van der Waals surface area contributed by atoms with E-state index in [0.29, 0.717) is 23.2 Å². The molecule has 1 N–H and O–H groups in total. The van der Waals surface area contributed by atoms with Gasteiger partial charge in [-0.05, 0) is 19.1 Å². The van der Waals surface area contributed by atoms with Crippen molar-refractivity contribution >= 4 is 11.6 Å². The average molecular weight is 247 g/mol. The first-order chi connectivity index (χ1) is 8.69. The SMILES string of the molecule is COc1ccccc1NC(=O)Cc1nc(C)no1. The molecule has 0 aliphatic carbocycles. The molecule has 1 heterocycles. The van der Waals surface area contributed by atoms with E-state index in [2.05, 4.69) is 15.5 Å². The van der Waals surface area contributed by atoms with Crippen molar-refractivity contribution in [2.75, 3.05) is 12.4 Å².